The Morgan fingerprint density at radius 1 is 1.05 bits per heavy atom. The van der Waals surface area contributed by atoms with Crippen molar-refractivity contribution in [3.05, 3.63) is 41.2 Å². The number of likely N-dealkylation sites (N-methyl/N-ethyl adjacent to an activating group) is 1. The number of piperidine rings is 1. The van der Waals surface area contributed by atoms with Gasteiger partial charge in [0.2, 0.25) is 11.8 Å². The van der Waals surface area contributed by atoms with Crippen LogP contribution in [0.3, 0.4) is 0 Å². The first kappa shape index (κ1) is 34.9. The van der Waals surface area contributed by atoms with Crippen LogP contribution >= 0.6 is 0 Å². The van der Waals surface area contributed by atoms with E-state index in [4.69, 9.17) is 25.8 Å². The largest absolute Gasteiger partial charge is 0.399 e. The second-order valence-corrected chi connectivity index (χ2v) is 10.8. The number of benzene rings is 1. The van der Waals surface area contributed by atoms with Crippen LogP contribution < -0.4 is 27.5 Å². The van der Waals surface area contributed by atoms with Crippen LogP contribution in [0.5, 0.6) is 0 Å². The van der Waals surface area contributed by atoms with E-state index < -0.39 is 17.9 Å². The van der Waals surface area contributed by atoms with Crippen LogP contribution in [-0.4, -0.2) is 112 Å². The first-order chi connectivity index (χ1) is 21.3. The highest BCUT2D eigenvalue weighted by molar-refractivity contribution is 6.07. The normalized spacial score (nSPS) is 17.4. The van der Waals surface area contributed by atoms with E-state index in [0.717, 1.165) is 6.54 Å². The number of carbonyl (C=O) groups is 4. The van der Waals surface area contributed by atoms with Gasteiger partial charge in [-0.3, -0.25) is 24.5 Å². The number of nitrogens with two attached hydrogens (primary N) is 2. The summed E-state index contributed by atoms with van der Waals surface area (Å²) in [5.41, 5.74) is 7.16. The number of nitrogens with one attached hydrogen (secondary N) is 3. The van der Waals surface area contributed by atoms with Crippen LogP contribution in [0.1, 0.15) is 59.2 Å². The van der Waals surface area contributed by atoms with Crippen molar-refractivity contribution < 1.29 is 33.4 Å². The molecule has 0 aromatic heterocycles. The van der Waals surface area contributed by atoms with Crippen LogP contribution in [0.25, 0.3) is 0 Å². The van der Waals surface area contributed by atoms with Gasteiger partial charge in [-0.15, -0.1) is 0 Å². The molecule has 2 fully saturated rings. The highest BCUT2D eigenvalue weighted by atomic mass is 16.5. The lowest BCUT2D eigenvalue weighted by atomic mass is 10.0. The Hall–Kier alpha value is -3.56. The Morgan fingerprint density at radius 3 is 2.41 bits per heavy atom. The number of ether oxygens (including phenoxy) is 3. The molecule has 0 spiro atoms. The third-order valence-electron chi connectivity index (χ3n) is 7.54. The smallest absolute Gasteiger partial charge is 0.255 e. The molecule has 1 aliphatic heterocycles. The molecule has 7 N–H and O–H groups in total. The van der Waals surface area contributed by atoms with Gasteiger partial charge in [0.1, 0.15) is 6.04 Å². The summed E-state index contributed by atoms with van der Waals surface area (Å²) in [4.78, 5) is 50.0. The zero-order valence-electron chi connectivity index (χ0n) is 25.6. The average molecular weight is 618 g/mol. The third-order valence-corrected chi connectivity index (χ3v) is 7.54. The Balaban J connectivity index is 1.31. The fourth-order valence-electron chi connectivity index (χ4n) is 5.11. The van der Waals surface area contributed by atoms with Gasteiger partial charge in [0.15, 0.2) is 6.29 Å². The lowest BCUT2D eigenvalue weighted by Gasteiger charge is -2.30. The molecule has 1 saturated heterocycles. The number of hydrogen-bond acceptors (Lipinski definition) is 12. The van der Waals surface area contributed by atoms with E-state index in [1.54, 1.807) is 18.3 Å². The standard InChI is InChI=1S/C30H47N7O7/c1-36(27-9-10-28(39)35-29(27)40)30(41)24-7-4-8-26(25(24)21-38)34-19-22(31)20-37(32)12-14-43-16-18-44-17-15-42-13-11-33-23-5-2-3-6-23/h4,7-8,20-21,23,27,33-34H,2-3,5-6,9-19,31-32H2,1H3,(H,35,39,40)/b22-20-. The zero-order valence-corrected chi connectivity index (χ0v) is 25.6. The minimum atomic E-state index is -0.806. The van der Waals surface area contributed by atoms with Crippen molar-refractivity contribution >= 4 is 29.7 Å². The molecule has 0 bridgehead atoms. The maximum absolute atomic E-state index is 13.2. The van der Waals surface area contributed by atoms with Gasteiger partial charge >= 0.3 is 0 Å². The Labute approximate surface area is 258 Å². The van der Waals surface area contributed by atoms with Crippen molar-refractivity contribution in [2.24, 2.45) is 11.6 Å². The minimum absolute atomic E-state index is 0.126. The molecule has 1 atom stereocenters. The van der Waals surface area contributed by atoms with E-state index in [2.05, 4.69) is 16.0 Å². The minimum Gasteiger partial charge on any atom is -0.399 e. The maximum atomic E-state index is 13.2. The van der Waals surface area contributed by atoms with Gasteiger partial charge < -0.3 is 40.5 Å². The highest BCUT2D eigenvalue weighted by Gasteiger charge is 2.33. The van der Waals surface area contributed by atoms with Gasteiger partial charge in [-0.05, 0) is 31.4 Å². The summed E-state index contributed by atoms with van der Waals surface area (Å²) in [7, 11) is 1.47. The van der Waals surface area contributed by atoms with Crippen molar-refractivity contribution in [1.82, 2.24) is 20.5 Å². The number of hydrazine groups is 1. The second kappa shape index (κ2) is 19.0. The summed E-state index contributed by atoms with van der Waals surface area (Å²) in [6.45, 7) is 4.44. The number of amides is 3. The van der Waals surface area contributed by atoms with E-state index >= 15 is 0 Å². The summed E-state index contributed by atoms with van der Waals surface area (Å²) in [6, 6.07) is 4.63. The summed E-state index contributed by atoms with van der Waals surface area (Å²) in [5.74, 6) is 4.58. The molecule has 14 heteroatoms. The molecule has 1 unspecified atom stereocenters. The number of hydrogen-bond donors (Lipinski definition) is 5. The van der Waals surface area contributed by atoms with Crippen LogP contribution in [0, 0.1) is 0 Å². The monoisotopic (exact) mass is 617 g/mol. The Bertz CT molecular complexity index is 1130. The number of aldehydes is 1. The van der Waals surface area contributed by atoms with Crippen LogP contribution in [0.4, 0.5) is 5.69 Å². The Morgan fingerprint density at radius 2 is 1.73 bits per heavy atom. The van der Waals surface area contributed by atoms with Gasteiger partial charge in [0.05, 0.1) is 63.9 Å². The molecule has 1 aromatic rings. The number of imide groups is 1. The quantitative estimate of drug-likeness (QED) is 0.0444. The summed E-state index contributed by atoms with van der Waals surface area (Å²) >= 11 is 0. The first-order valence-corrected chi connectivity index (χ1v) is 15.2. The molecular formula is C30H47N7O7. The highest BCUT2D eigenvalue weighted by Crippen LogP contribution is 2.22. The number of nitrogens with zero attached hydrogens (tertiary/aromatic N) is 2. The average Bonchev–Trinajstić information content (AvgIpc) is 3.53. The van der Waals surface area contributed by atoms with Crippen LogP contribution in [0.15, 0.2) is 30.1 Å². The SMILES string of the molecule is CN(C(=O)c1cccc(NC/C(N)=C/N(N)CCOCCOCCOCCNC2CCCC2)c1C=O)C1CCC(=O)NC1=O. The molecule has 1 saturated carbocycles. The second-order valence-electron chi connectivity index (χ2n) is 10.8. The molecule has 14 nitrogen and oxygen atoms in total. The summed E-state index contributed by atoms with van der Waals surface area (Å²) in [5, 5.41) is 10.2. The van der Waals surface area contributed by atoms with Crippen LogP contribution in [-0.2, 0) is 23.8 Å². The molecule has 3 rings (SSSR count). The van der Waals surface area contributed by atoms with Crippen molar-refractivity contribution in [3.63, 3.8) is 0 Å². The number of rotatable bonds is 20. The summed E-state index contributed by atoms with van der Waals surface area (Å²) < 4.78 is 16.7. The topological polar surface area (TPSA) is 191 Å². The number of carbonyl (C=O) groups excluding carboxylic acids is 4. The molecule has 1 aliphatic carbocycles. The van der Waals surface area contributed by atoms with Crippen LogP contribution in [0.2, 0.25) is 0 Å². The van der Waals surface area contributed by atoms with E-state index in [0.29, 0.717) is 69.9 Å². The van der Waals surface area contributed by atoms with E-state index in [1.165, 1.54) is 48.7 Å². The predicted molar refractivity (Wildman–Crippen MR) is 164 cm³/mol. The molecule has 2 aliphatic rings. The lowest BCUT2D eigenvalue weighted by molar-refractivity contribution is -0.136. The van der Waals surface area contributed by atoms with Crippen molar-refractivity contribution in [1.29, 1.82) is 0 Å². The van der Waals surface area contributed by atoms with Crippen molar-refractivity contribution in [3.8, 4) is 0 Å². The van der Waals surface area contributed by atoms with E-state index in [9.17, 15) is 19.2 Å². The van der Waals surface area contributed by atoms with E-state index in [-0.39, 0.29) is 36.4 Å². The van der Waals surface area contributed by atoms with Gasteiger partial charge in [-0.1, -0.05) is 18.9 Å². The lowest BCUT2D eigenvalue weighted by Crippen LogP contribution is -2.53. The van der Waals surface area contributed by atoms with Gasteiger partial charge in [-0.25, -0.2) is 5.84 Å². The third kappa shape index (κ3) is 11.5. The molecule has 0 radical (unpaired) electrons. The number of anilines is 1. The van der Waals surface area contributed by atoms with Gasteiger partial charge in [-0.2, -0.15) is 0 Å². The van der Waals surface area contributed by atoms with E-state index in [1.807, 2.05) is 0 Å². The maximum Gasteiger partial charge on any atom is 0.255 e. The molecule has 244 valence electrons. The first-order valence-electron chi connectivity index (χ1n) is 15.2. The molecular weight excluding hydrogens is 570 g/mol. The Kier molecular flexibility index (Phi) is 15.1. The van der Waals surface area contributed by atoms with Gasteiger partial charge in [0.25, 0.3) is 5.91 Å². The molecule has 1 aromatic carbocycles. The molecule has 3 amide bonds. The summed E-state index contributed by atoms with van der Waals surface area (Å²) in [6.07, 6.45) is 7.66. The molecule has 1 heterocycles. The fourth-order valence-corrected chi connectivity index (χ4v) is 5.11. The van der Waals surface area contributed by atoms with Crippen molar-refractivity contribution in [2.75, 3.05) is 71.6 Å². The van der Waals surface area contributed by atoms with Gasteiger partial charge in [0, 0.05) is 43.6 Å². The van der Waals surface area contributed by atoms with Crippen molar-refractivity contribution in [2.45, 2.75) is 50.6 Å². The zero-order chi connectivity index (χ0) is 31.7. The molecule has 44 heavy (non-hydrogen) atoms. The fraction of sp³-hybridized carbons (Fsp3) is 0.600. The predicted octanol–water partition coefficient (Wildman–Crippen LogP) is 0.346.